The summed E-state index contributed by atoms with van der Waals surface area (Å²) in [5.41, 5.74) is 5.77. The molecule has 1 heterocycles. The van der Waals surface area contributed by atoms with Crippen LogP contribution in [0.1, 0.15) is 20.3 Å². The summed E-state index contributed by atoms with van der Waals surface area (Å²) in [6.07, 6.45) is 2.18. The molecule has 1 amide bonds. The maximum atomic E-state index is 11.7. The molecule has 4 N–H and O–H groups in total. The zero-order valence-corrected chi connectivity index (χ0v) is 15.6. The fourth-order valence-corrected chi connectivity index (χ4v) is 2.10. The number of amides is 1. The molecule has 0 aliphatic carbocycles. The zero-order valence-electron chi connectivity index (χ0n) is 12.4. The molecule has 1 aromatic heterocycles. The number of hydrogen-bond donors (Lipinski definition) is 3. The first-order valence-electron chi connectivity index (χ1n) is 6.48. The van der Waals surface area contributed by atoms with E-state index in [1.807, 2.05) is 13.8 Å². The largest absolute Gasteiger partial charge is 0.367 e. The average molecular weight is 392 g/mol. The van der Waals surface area contributed by atoms with Gasteiger partial charge in [-0.15, -0.1) is 24.8 Å². The van der Waals surface area contributed by atoms with Gasteiger partial charge in [-0.2, -0.15) is 0 Å². The van der Waals surface area contributed by atoms with Crippen LogP contribution >= 0.6 is 48.0 Å². The highest BCUT2D eigenvalue weighted by Gasteiger charge is 2.14. The van der Waals surface area contributed by atoms with Crippen LogP contribution < -0.4 is 16.4 Å². The molecule has 5 nitrogen and oxygen atoms in total. The van der Waals surface area contributed by atoms with Crippen molar-refractivity contribution < 1.29 is 4.79 Å². The van der Waals surface area contributed by atoms with Gasteiger partial charge >= 0.3 is 0 Å². The number of rotatable bonds is 7. The standard InChI is InChI=1S/C13H20Cl2N4O.2ClH/c1-8(2)5-11(16)13(20)18-4-3-17-12-10(15)6-9(14)7-19-12;;/h6-8,11H,3-5,16H2,1-2H3,(H,17,19)(H,18,20);2*1H/t11-;;/m0../s1. The van der Waals surface area contributed by atoms with E-state index in [-0.39, 0.29) is 30.7 Å². The minimum Gasteiger partial charge on any atom is -0.367 e. The van der Waals surface area contributed by atoms with Crippen LogP contribution in [0.25, 0.3) is 0 Å². The Hall–Kier alpha value is -0.460. The lowest BCUT2D eigenvalue weighted by molar-refractivity contribution is -0.122. The van der Waals surface area contributed by atoms with Crippen LogP contribution in [0.5, 0.6) is 0 Å². The molecule has 0 aliphatic heterocycles. The van der Waals surface area contributed by atoms with E-state index in [0.717, 1.165) is 0 Å². The number of aromatic nitrogens is 1. The molecule has 0 radical (unpaired) electrons. The molecule has 0 fully saturated rings. The van der Waals surface area contributed by atoms with E-state index >= 15 is 0 Å². The fourth-order valence-electron chi connectivity index (χ4n) is 1.66. The van der Waals surface area contributed by atoms with Crippen LogP contribution in [-0.4, -0.2) is 30.0 Å². The second kappa shape index (κ2) is 12.0. The summed E-state index contributed by atoms with van der Waals surface area (Å²) >= 11 is 11.7. The first kappa shape index (κ1) is 23.8. The molecule has 1 atom stereocenters. The molecule has 0 bridgehead atoms. The molecule has 0 spiro atoms. The van der Waals surface area contributed by atoms with Gasteiger partial charge in [-0.05, 0) is 18.4 Å². The van der Waals surface area contributed by atoms with Crippen molar-refractivity contribution in [1.29, 1.82) is 0 Å². The van der Waals surface area contributed by atoms with Gasteiger partial charge in [-0.3, -0.25) is 4.79 Å². The summed E-state index contributed by atoms with van der Waals surface area (Å²) in [5.74, 6) is 0.790. The summed E-state index contributed by atoms with van der Waals surface area (Å²) in [6, 6.07) is 1.14. The molecule has 0 saturated heterocycles. The molecular weight excluding hydrogens is 370 g/mol. The minimum absolute atomic E-state index is 0. The molecule has 1 rings (SSSR count). The number of carbonyl (C=O) groups is 1. The van der Waals surface area contributed by atoms with Crippen LogP contribution in [0.4, 0.5) is 5.82 Å². The van der Waals surface area contributed by atoms with E-state index in [1.54, 1.807) is 6.07 Å². The van der Waals surface area contributed by atoms with E-state index in [9.17, 15) is 4.79 Å². The number of hydrogen-bond acceptors (Lipinski definition) is 4. The van der Waals surface area contributed by atoms with Gasteiger partial charge in [0.25, 0.3) is 0 Å². The van der Waals surface area contributed by atoms with Gasteiger partial charge in [0, 0.05) is 19.3 Å². The molecule has 0 aromatic carbocycles. The highest BCUT2D eigenvalue weighted by molar-refractivity contribution is 6.35. The number of nitrogens with two attached hydrogens (primary N) is 1. The topological polar surface area (TPSA) is 80.0 Å². The van der Waals surface area contributed by atoms with Gasteiger partial charge in [0.15, 0.2) is 0 Å². The average Bonchev–Trinajstić information content (AvgIpc) is 2.35. The highest BCUT2D eigenvalue weighted by Crippen LogP contribution is 2.21. The van der Waals surface area contributed by atoms with E-state index in [0.29, 0.717) is 41.3 Å². The Kier molecular flexibility index (Phi) is 13.0. The van der Waals surface area contributed by atoms with Gasteiger partial charge in [-0.1, -0.05) is 37.0 Å². The summed E-state index contributed by atoms with van der Waals surface area (Å²) in [7, 11) is 0. The Morgan fingerprint density at radius 1 is 1.32 bits per heavy atom. The third-order valence-electron chi connectivity index (χ3n) is 2.59. The van der Waals surface area contributed by atoms with Gasteiger partial charge in [0.2, 0.25) is 5.91 Å². The van der Waals surface area contributed by atoms with Crippen molar-refractivity contribution in [2.75, 3.05) is 18.4 Å². The third kappa shape index (κ3) is 8.86. The molecule has 22 heavy (non-hydrogen) atoms. The Labute approximate surface area is 153 Å². The molecule has 1 aromatic rings. The van der Waals surface area contributed by atoms with Crippen molar-refractivity contribution >= 4 is 59.7 Å². The van der Waals surface area contributed by atoms with Gasteiger partial charge in [0.1, 0.15) is 5.82 Å². The third-order valence-corrected chi connectivity index (χ3v) is 3.08. The monoisotopic (exact) mass is 390 g/mol. The lowest BCUT2D eigenvalue weighted by atomic mass is 10.0. The Bertz CT molecular complexity index is 460. The van der Waals surface area contributed by atoms with Crippen molar-refractivity contribution in [1.82, 2.24) is 10.3 Å². The molecule has 128 valence electrons. The van der Waals surface area contributed by atoms with E-state index in [2.05, 4.69) is 15.6 Å². The Morgan fingerprint density at radius 2 is 1.95 bits per heavy atom. The van der Waals surface area contributed by atoms with E-state index in [4.69, 9.17) is 28.9 Å². The van der Waals surface area contributed by atoms with Gasteiger partial charge in [-0.25, -0.2) is 4.98 Å². The molecule has 0 aliphatic rings. The van der Waals surface area contributed by atoms with Crippen molar-refractivity contribution in [3.63, 3.8) is 0 Å². The Balaban J connectivity index is 0. The predicted molar refractivity (Wildman–Crippen MR) is 97.7 cm³/mol. The second-order valence-electron chi connectivity index (χ2n) is 4.94. The van der Waals surface area contributed by atoms with Crippen LogP contribution in [0, 0.1) is 5.92 Å². The summed E-state index contributed by atoms with van der Waals surface area (Å²) in [5, 5.41) is 6.71. The number of nitrogens with one attached hydrogen (secondary N) is 2. The van der Waals surface area contributed by atoms with E-state index < -0.39 is 6.04 Å². The van der Waals surface area contributed by atoms with E-state index in [1.165, 1.54) is 6.20 Å². The highest BCUT2D eigenvalue weighted by atomic mass is 35.5. The maximum absolute atomic E-state index is 11.7. The first-order chi connectivity index (χ1) is 9.40. The SMILES string of the molecule is CC(C)C[C@H](N)C(=O)NCCNc1ncc(Cl)cc1Cl.Cl.Cl. The van der Waals surface area contributed by atoms with Crippen molar-refractivity contribution in [2.45, 2.75) is 26.3 Å². The molecule has 9 heteroatoms. The number of carbonyl (C=O) groups excluding carboxylic acids is 1. The fraction of sp³-hybridized carbons (Fsp3) is 0.538. The maximum Gasteiger partial charge on any atom is 0.236 e. The minimum atomic E-state index is -0.466. The molecule has 0 saturated carbocycles. The van der Waals surface area contributed by atoms with Crippen LogP contribution in [0.15, 0.2) is 12.3 Å². The van der Waals surface area contributed by atoms with Crippen molar-refractivity contribution in [3.8, 4) is 0 Å². The van der Waals surface area contributed by atoms with Crippen LogP contribution in [-0.2, 0) is 4.79 Å². The zero-order chi connectivity index (χ0) is 15.1. The number of anilines is 1. The van der Waals surface area contributed by atoms with Gasteiger partial charge in [0.05, 0.1) is 16.1 Å². The van der Waals surface area contributed by atoms with Crippen LogP contribution in [0.3, 0.4) is 0 Å². The number of halogens is 4. The lowest BCUT2D eigenvalue weighted by Gasteiger charge is -2.14. The number of nitrogens with zero attached hydrogens (tertiary/aromatic N) is 1. The normalized spacial score (nSPS) is 11.2. The van der Waals surface area contributed by atoms with Crippen molar-refractivity contribution in [3.05, 3.63) is 22.3 Å². The van der Waals surface area contributed by atoms with Gasteiger partial charge < -0.3 is 16.4 Å². The first-order valence-corrected chi connectivity index (χ1v) is 7.24. The molecule has 0 unspecified atom stereocenters. The smallest absolute Gasteiger partial charge is 0.236 e. The summed E-state index contributed by atoms with van der Waals surface area (Å²) in [6.45, 7) is 5.02. The lowest BCUT2D eigenvalue weighted by Crippen LogP contribution is -2.42. The molecular formula is C13H22Cl4N4O. The quantitative estimate of drug-likeness (QED) is 0.623. The Morgan fingerprint density at radius 3 is 2.50 bits per heavy atom. The summed E-state index contributed by atoms with van der Waals surface area (Å²) in [4.78, 5) is 15.7. The predicted octanol–water partition coefficient (Wildman–Crippen LogP) is 3.13. The summed E-state index contributed by atoms with van der Waals surface area (Å²) < 4.78 is 0. The number of pyridine rings is 1. The van der Waals surface area contributed by atoms with Crippen molar-refractivity contribution in [2.24, 2.45) is 11.7 Å². The second-order valence-corrected chi connectivity index (χ2v) is 5.78. The van der Waals surface area contributed by atoms with Crippen LogP contribution in [0.2, 0.25) is 10.0 Å².